The summed E-state index contributed by atoms with van der Waals surface area (Å²) in [5.74, 6) is 4.69. The largest absolute Gasteiger partial charge is 0.508 e. The summed E-state index contributed by atoms with van der Waals surface area (Å²) in [4.78, 5) is 20.3. The van der Waals surface area contributed by atoms with E-state index in [1.807, 2.05) is 61.3 Å². The molecule has 0 aliphatic carbocycles. The van der Waals surface area contributed by atoms with Crippen LogP contribution in [-0.2, 0) is 10.3 Å². The lowest BCUT2D eigenvalue weighted by Gasteiger charge is -2.32. The number of benzene rings is 13. The van der Waals surface area contributed by atoms with Gasteiger partial charge in [-0.05, 0) is 164 Å². The van der Waals surface area contributed by atoms with Crippen molar-refractivity contribution in [2.45, 2.75) is 41.9 Å². The number of hydrogen-bond acceptors (Lipinski definition) is 23. The lowest BCUT2D eigenvalue weighted by Crippen LogP contribution is -2.29. The Morgan fingerprint density at radius 1 is 0.390 bits per heavy atom. The van der Waals surface area contributed by atoms with Crippen molar-refractivity contribution in [1.29, 1.82) is 0 Å². The first kappa shape index (κ1) is 68.9. The Bertz CT molecular complexity index is 5500. The van der Waals surface area contributed by atoms with E-state index in [-0.39, 0.29) is 63.2 Å². The number of phenolic OH excluding ortho intramolecular Hbond substituents is 12. The fourth-order valence-corrected chi connectivity index (χ4v) is 15.4. The highest BCUT2D eigenvalue weighted by atomic mass is 32.2. The van der Waals surface area contributed by atoms with Gasteiger partial charge >= 0.3 is 5.97 Å². The molecule has 13 N–H and O–H groups in total. The number of rotatable bonds is 2. The van der Waals surface area contributed by atoms with Crippen LogP contribution in [0.4, 0.5) is 22.7 Å². The first-order valence-electron chi connectivity index (χ1n) is 32.1. The Kier molecular flexibility index (Phi) is 18.8. The Morgan fingerprint density at radius 3 is 1.70 bits per heavy atom. The Labute approximate surface area is 611 Å². The highest BCUT2D eigenvalue weighted by molar-refractivity contribution is 8.05. The number of cyclic esters (lactones) is 1. The lowest BCUT2D eigenvalue weighted by molar-refractivity contribution is 0.0251. The average molecular weight is 1460 g/mol. The summed E-state index contributed by atoms with van der Waals surface area (Å²) in [6.45, 7) is 1.95. The Morgan fingerprint density at radius 2 is 0.962 bits per heavy atom. The zero-order valence-electron chi connectivity index (χ0n) is 55.2. The van der Waals surface area contributed by atoms with Crippen LogP contribution in [0.5, 0.6) is 103 Å². The molecule has 5 aliphatic heterocycles. The topological polar surface area (TPSA) is 325 Å². The molecule has 524 valence electrons. The van der Waals surface area contributed by atoms with Gasteiger partial charge in [0.05, 0.1) is 43.0 Å². The molecule has 5 aliphatic rings. The SMILES string of the molecule is Cc1cc(O)cc2c1N(C)c1cc(O)ccc1N2.O=C1OC(c2ccc(O)cc2)(c2ccc(O)cc2)c2ccccc21.Oc1ccc2c(c1)Oc1ccc(O)cc1S2.Oc1ccc2c(c1)Oc1cccc(O)c1O2.Oc1ccc2c(c1)Sc1cccc(O)c1S2.Oc1ccc2c(c1)oc1c(O)cccc12. The third kappa shape index (κ3) is 14.2. The second-order valence-electron chi connectivity index (χ2n) is 24.0. The predicted octanol–water partition coefficient (Wildman–Crippen LogP) is 19.9. The zero-order chi connectivity index (χ0) is 73.4. The van der Waals surface area contributed by atoms with E-state index in [4.69, 9.17) is 23.4 Å². The van der Waals surface area contributed by atoms with Gasteiger partial charge < -0.3 is 94.9 Å². The lowest BCUT2D eigenvalue weighted by atomic mass is 9.80. The molecule has 0 saturated heterocycles. The highest BCUT2D eigenvalue weighted by Crippen LogP contribution is 2.55. The molecule has 1 aromatic heterocycles. The minimum Gasteiger partial charge on any atom is -0.508 e. The van der Waals surface area contributed by atoms with Crippen LogP contribution < -0.4 is 24.4 Å². The van der Waals surface area contributed by atoms with E-state index in [9.17, 15) is 66.1 Å². The highest BCUT2D eigenvalue weighted by Gasteiger charge is 2.48. The van der Waals surface area contributed by atoms with E-state index in [0.717, 1.165) is 85.1 Å². The second kappa shape index (κ2) is 28.7. The summed E-state index contributed by atoms with van der Waals surface area (Å²) in [6.07, 6.45) is 0. The van der Waals surface area contributed by atoms with E-state index in [2.05, 4.69) is 5.32 Å². The third-order valence-corrected chi connectivity index (χ3v) is 20.6. The first-order chi connectivity index (χ1) is 50.6. The maximum absolute atomic E-state index is 12.4. The summed E-state index contributed by atoms with van der Waals surface area (Å²) < 4.78 is 27.9. The molecule has 0 bridgehead atoms. The van der Waals surface area contributed by atoms with Crippen molar-refractivity contribution < 1.29 is 89.4 Å². The van der Waals surface area contributed by atoms with E-state index in [0.29, 0.717) is 57.0 Å². The minimum absolute atomic E-state index is 0.0243. The van der Waals surface area contributed by atoms with Gasteiger partial charge in [0.25, 0.3) is 0 Å². The van der Waals surface area contributed by atoms with Crippen molar-refractivity contribution in [3.63, 3.8) is 0 Å². The summed E-state index contributed by atoms with van der Waals surface area (Å²) in [6, 6.07) is 69.3. The molecule has 105 heavy (non-hydrogen) atoms. The Hall–Kier alpha value is -13.2. The van der Waals surface area contributed by atoms with Crippen LogP contribution in [0, 0.1) is 6.92 Å². The number of anilines is 4. The monoisotopic (exact) mass is 1460 g/mol. The average Bonchev–Trinajstić information content (AvgIpc) is 1.59. The molecule has 13 aromatic carbocycles. The molecular weight excluding hydrogens is 1400 g/mol. The van der Waals surface area contributed by atoms with Crippen molar-refractivity contribution in [2.75, 3.05) is 17.3 Å². The molecule has 0 saturated carbocycles. The van der Waals surface area contributed by atoms with E-state index >= 15 is 0 Å². The van der Waals surface area contributed by atoms with Crippen molar-refractivity contribution in [2.24, 2.45) is 0 Å². The number of aromatic hydroxyl groups is 12. The fraction of sp³-hybridized carbons (Fsp3) is 0.0366. The summed E-state index contributed by atoms with van der Waals surface area (Å²) in [7, 11) is 1.95. The molecule has 0 fully saturated rings. The number of para-hydroxylation sites is 2. The smallest absolute Gasteiger partial charge is 0.340 e. The molecule has 0 spiro atoms. The van der Waals surface area contributed by atoms with Gasteiger partial charge in [-0.15, -0.1) is 0 Å². The van der Waals surface area contributed by atoms with Crippen LogP contribution >= 0.6 is 35.3 Å². The summed E-state index contributed by atoms with van der Waals surface area (Å²) in [5.41, 5.74) is 7.31. The Balaban J connectivity index is 0.000000107. The van der Waals surface area contributed by atoms with Crippen LogP contribution in [0.3, 0.4) is 0 Å². The molecule has 19 rings (SSSR count). The molecule has 0 unspecified atom stereocenters. The number of phenols is 12. The quantitative estimate of drug-likeness (QED) is 0.0565. The number of aryl methyl sites for hydroxylation is 1. The second-order valence-corrected chi connectivity index (χ2v) is 27.3. The van der Waals surface area contributed by atoms with Crippen molar-refractivity contribution in [1.82, 2.24) is 0 Å². The van der Waals surface area contributed by atoms with Crippen LogP contribution in [0.25, 0.3) is 21.9 Å². The van der Waals surface area contributed by atoms with Gasteiger partial charge in [0.15, 0.2) is 39.9 Å². The zero-order valence-corrected chi connectivity index (χ0v) is 57.6. The third-order valence-electron chi connectivity index (χ3n) is 16.9. The van der Waals surface area contributed by atoms with Gasteiger partial charge in [0, 0.05) is 79.5 Å². The summed E-state index contributed by atoms with van der Waals surface area (Å²) >= 11 is 4.62. The minimum atomic E-state index is -1.10. The van der Waals surface area contributed by atoms with E-state index < -0.39 is 11.6 Å². The number of carbonyl (C=O) groups excluding carboxylic acids is 1. The number of nitrogens with one attached hydrogen (secondary N) is 1. The number of furan rings is 1. The maximum atomic E-state index is 12.4. The van der Waals surface area contributed by atoms with Gasteiger partial charge in [-0.2, -0.15) is 0 Å². The van der Waals surface area contributed by atoms with Crippen LogP contribution in [0.1, 0.15) is 32.6 Å². The molecular formula is C82H60N2O18S3. The molecule has 6 heterocycles. The molecule has 23 heteroatoms. The van der Waals surface area contributed by atoms with Crippen LogP contribution in [0.2, 0.25) is 0 Å². The summed E-state index contributed by atoms with van der Waals surface area (Å²) in [5, 5.41) is 119. The maximum Gasteiger partial charge on any atom is 0.340 e. The molecule has 0 radical (unpaired) electrons. The fourth-order valence-electron chi connectivity index (χ4n) is 12.2. The van der Waals surface area contributed by atoms with E-state index in [1.165, 1.54) is 47.8 Å². The molecule has 0 atom stereocenters. The van der Waals surface area contributed by atoms with Gasteiger partial charge in [0.2, 0.25) is 5.75 Å². The number of carbonyl (C=O) groups is 1. The van der Waals surface area contributed by atoms with Gasteiger partial charge in [-0.1, -0.05) is 102 Å². The molecule has 20 nitrogen and oxygen atoms in total. The van der Waals surface area contributed by atoms with Crippen LogP contribution in [0.15, 0.2) is 283 Å². The number of esters is 1. The van der Waals surface area contributed by atoms with Gasteiger partial charge in [0.1, 0.15) is 74.6 Å². The van der Waals surface area contributed by atoms with E-state index in [1.54, 1.807) is 194 Å². The van der Waals surface area contributed by atoms with Gasteiger partial charge in [-0.3, -0.25) is 0 Å². The first-order valence-corrected chi connectivity index (χ1v) is 34.5. The van der Waals surface area contributed by atoms with Crippen molar-refractivity contribution >= 4 is 85.9 Å². The molecule has 0 amide bonds. The number of nitrogens with zero attached hydrogens (tertiary/aromatic N) is 1. The normalized spacial score (nSPS) is 12.9. The number of hydrogen-bond donors (Lipinski definition) is 13. The van der Waals surface area contributed by atoms with Crippen molar-refractivity contribution in [3.8, 4) is 103 Å². The molecule has 14 aromatic rings. The predicted molar refractivity (Wildman–Crippen MR) is 399 cm³/mol. The number of fused-ring (bicyclic) bond motifs is 12. The number of ether oxygens (including phenoxy) is 4. The van der Waals surface area contributed by atoms with Gasteiger partial charge in [-0.25, -0.2) is 4.79 Å². The van der Waals surface area contributed by atoms with Crippen molar-refractivity contribution in [3.05, 3.63) is 277 Å². The standard InChI is InChI=1S/C20H14O4.C14H14N2O2.C12H8O4.C12H8O3S.C12H8O3.C12H8O2S2/c21-15-9-5-13(6-10-15)20(14-7-11-16(22)12-8-14)18-4-2-1-3-17(18)19(23)24-20;1-8-5-10(18)6-12-14(8)16(2)13-7-9(17)3-4-11(13)15-12;13-7-4-5-9-11(6-7)15-10-3-1-2-8(14)12(10)16-9;13-7-2-4-11-10(5-7)15-9-3-1-8(14)6-12(9)16-11;13-7-4-5-8-9-2-1-3-10(14)12(9)15-11(8)6-7;13-7-4-5-9-11(6-7)15-10-3-1-2-8(14)12(10)16-9/h1-12,21-22H;3-7,15,17-18H,1-2H3;2*1-6,13-14H;1-6,13-14H;1-6,13-14H. The van der Waals surface area contributed by atoms with Crippen LogP contribution in [-0.4, -0.2) is 74.3 Å².